The zero-order valence-electron chi connectivity index (χ0n) is 12.3. The summed E-state index contributed by atoms with van der Waals surface area (Å²) in [4.78, 5) is 40.8. The Morgan fingerprint density at radius 2 is 0.560 bits per heavy atom. The average Bonchev–Trinajstić information content (AvgIpc) is 2.55. The monoisotopic (exact) mass is 426 g/mol. The molecular formula is C16H8MoO8. The number of carbonyl (C=O) groups is 4. The zero-order valence-corrected chi connectivity index (χ0v) is 14.3. The van der Waals surface area contributed by atoms with Crippen LogP contribution in [0.15, 0.2) is 48.5 Å². The minimum atomic E-state index is -1.33. The number of aromatic carboxylic acids is 4. The molecule has 0 radical (unpaired) electrons. The smallest absolute Gasteiger partial charge is 0.545 e. The van der Waals surface area contributed by atoms with E-state index in [1.807, 2.05) is 0 Å². The first-order chi connectivity index (χ1) is 11.2. The second kappa shape index (κ2) is 9.99. The van der Waals surface area contributed by atoms with Gasteiger partial charge in [0.05, 0.1) is 23.9 Å². The molecule has 0 saturated carbocycles. The Balaban J connectivity index is 0.000000443. The van der Waals surface area contributed by atoms with E-state index in [-0.39, 0.29) is 43.3 Å². The predicted molar refractivity (Wildman–Crippen MR) is 70.2 cm³/mol. The SMILES string of the molecule is O=C([O-])c1ccc(C(=O)[O-])cc1.O=C([O-])c1ccc(C(=O)[O-])cc1.[Mo+4]. The van der Waals surface area contributed by atoms with Gasteiger partial charge in [-0.2, -0.15) is 0 Å². The second-order valence-corrected chi connectivity index (χ2v) is 4.30. The van der Waals surface area contributed by atoms with Crippen LogP contribution in [-0.2, 0) is 21.1 Å². The molecule has 0 heterocycles. The molecule has 0 fully saturated rings. The first-order valence-corrected chi connectivity index (χ1v) is 6.28. The zero-order chi connectivity index (χ0) is 18.3. The number of carboxylic acids is 4. The van der Waals surface area contributed by atoms with Crippen molar-refractivity contribution in [1.82, 2.24) is 0 Å². The van der Waals surface area contributed by atoms with Gasteiger partial charge in [0.25, 0.3) is 0 Å². The molecule has 0 aliphatic carbocycles. The second-order valence-electron chi connectivity index (χ2n) is 4.30. The third-order valence-electron chi connectivity index (χ3n) is 2.71. The van der Waals surface area contributed by atoms with E-state index in [1.165, 1.54) is 0 Å². The Hall–Kier alpha value is -2.99. The number of hydrogen-bond acceptors (Lipinski definition) is 8. The van der Waals surface area contributed by atoms with Crippen LogP contribution in [0.2, 0.25) is 0 Å². The van der Waals surface area contributed by atoms with Crippen molar-refractivity contribution in [3.05, 3.63) is 70.8 Å². The number of benzene rings is 2. The average molecular weight is 424 g/mol. The molecule has 0 N–H and O–H groups in total. The van der Waals surface area contributed by atoms with Crippen LogP contribution in [0.5, 0.6) is 0 Å². The van der Waals surface area contributed by atoms with Crippen LogP contribution in [0.4, 0.5) is 0 Å². The van der Waals surface area contributed by atoms with Gasteiger partial charge in [0.2, 0.25) is 0 Å². The van der Waals surface area contributed by atoms with Gasteiger partial charge in [0.15, 0.2) is 0 Å². The largest absolute Gasteiger partial charge is 4.00 e. The molecule has 0 aromatic heterocycles. The summed E-state index contributed by atoms with van der Waals surface area (Å²) in [5, 5.41) is 40.8. The van der Waals surface area contributed by atoms with Crippen molar-refractivity contribution in [2.24, 2.45) is 0 Å². The number of rotatable bonds is 4. The van der Waals surface area contributed by atoms with Crippen LogP contribution in [0.25, 0.3) is 0 Å². The van der Waals surface area contributed by atoms with E-state index in [9.17, 15) is 39.6 Å². The Labute approximate surface area is 155 Å². The van der Waals surface area contributed by atoms with E-state index in [0.29, 0.717) is 0 Å². The summed E-state index contributed by atoms with van der Waals surface area (Å²) in [6.07, 6.45) is 0. The van der Waals surface area contributed by atoms with Crippen molar-refractivity contribution in [1.29, 1.82) is 0 Å². The first kappa shape index (κ1) is 22.0. The summed E-state index contributed by atoms with van der Waals surface area (Å²) in [7, 11) is 0. The Morgan fingerprint density at radius 1 is 0.440 bits per heavy atom. The molecule has 0 unspecified atom stereocenters. The molecule has 8 nitrogen and oxygen atoms in total. The number of carboxylic acid groups (broad SMARTS) is 4. The number of carbonyl (C=O) groups excluding carboxylic acids is 4. The van der Waals surface area contributed by atoms with E-state index in [4.69, 9.17) is 0 Å². The molecular weight excluding hydrogens is 416 g/mol. The van der Waals surface area contributed by atoms with Crippen molar-refractivity contribution in [2.45, 2.75) is 0 Å². The van der Waals surface area contributed by atoms with Gasteiger partial charge in [-0.1, -0.05) is 48.5 Å². The molecule has 2 aromatic carbocycles. The third kappa shape index (κ3) is 6.97. The molecule has 0 spiro atoms. The molecule has 126 valence electrons. The predicted octanol–water partition coefficient (Wildman–Crippen LogP) is -3.18. The maximum atomic E-state index is 10.2. The molecule has 0 amide bonds. The topological polar surface area (TPSA) is 161 Å². The summed E-state index contributed by atoms with van der Waals surface area (Å²) >= 11 is 0. The number of hydrogen-bond donors (Lipinski definition) is 0. The van der Waals surface area contributed by atoms with Crippen LogP contribution in [0.1, 0.15) is 41.4 Å². The van der Waals surface area contributed by atoms with Crippen LogP contribution in [-0.4, -0.2) is 23.9 Å². The Bertz CT molecular complexity index is 632. The van der Waals surface area contributed by atoms with Gasteiger partial charge in [-0.15, -0.1) is 0 Å². The van der Waals surface area contributed by atoms with E-state index >= 15 is 0 Å². The summed E-state index contributed by atoms with van der Waals surface area (Å²) in [6, 6.07) is 9.23. The van der Waals surface area contributed by atoms with E-state index in [2.05, 4.69) is 0 Å². The van der Waals surface area contributed by atoms with E-state index < -0.39 is 23.9 Å². The molecule has 0 aliphatic heterocycles. The molecule has 25 heavy (non-hydrogen) atoms. The first-order valence-electron chi connectivity index (χ1n) is 6.28. The van der Waals surface area contributed by atoms with Crippen molar-refractivity contribution in [3.8, 4) is 0 Å². The summed E-state index contributed by atoms with van der Waals surface area (Å²) < 4.78 is 0. The van der Waals surface area contributed by atoms with Crippen LogP contribution in [0.3, 0.4) is 0 Å². The quantitative estimate of drug-likeness (QED) is 0.465. The summed E-state index contributed by atoms with van der Waals surface area (Å²) in [6.45, 7) is 0. The Morgan fingerprint density at radius 3 is 0.640 bits per heavy atom. The standard InChI is InChI=1S/2C8H6O4.Mo/c2*9-7(10)5-1-2-6(4-3-5)8(11)12;/h2*1-4H,(H,9,10)(H,11,12);/q;;+4/p-4. The van der Waals surface area contributed by atoms with Gasteiger partial charge >= 0.3 is 21.1 Å². The van der Waals surface area contributed by atoms with Crippen LogP contribution in [0, 0.1) is 0 Å². The molecule has 2 rings (SSSR count). The molecule has 0 saturated heterocycles. The molecule has 0 atom stereocenters. The maximum Gasteiger partial charge on any atom is 4.00 e. The molecule has 0 aliphatic rings. The van der Waals surface area contributed by atoms with Crippen molar-refractivity contribution in [2.75, 3.05) is 0 Å². The molecule has 2 aromatic rings. The van der Waals surface area contributed by atoms with E-state index in [0.717, 1.165) is 48.5 Å². The third-order valence-corrected chi connectivity index (χ3v) is 2.71. The minimum Gasteiger partial charge on any atom is -0.545 e. The summed E-state index contributed by atoms with van der Waals surface area (Å²) in [5.41, 5.74) is -0.222. The van der Waals surface area contributed by atoms with Gasteiger partial charge in [-0.3, -0.25) is 0 Å². The fourth-order valence-electron chi connectivity index (χ4n) is 1.48. The normalized spacial score (nSPS) is 8.96. The fraction of sp³-hybridized carbons (Fsp3) is 0. The van der Waals surface area contributed by atoms with Gasteiger partial charge < -0.3 is 39.6 Å². The van der Waals surface area contributed by atoms with Crippen LogP contribution >= 0.6 is 0 Å². The molecule has 9 heteroatoms. The van der Waals surface area contributed by atoms with Crippen LogP contribution < -0.4 is 20.4 Å². The Kier molecular flexibility index (Phi) is 8.80. The van der Waals surface area contributed by atoms with Crippen molar-refractivity contribution >= 4 is 23.9 Å². The van der Waals surface area contributed by atoms with Gasteiger partial charge in [-0.25, -0.2) is 0 Å². The fourth-order valence-corrected chi connectivity index (χ4v) is 1.48. The van der Waals surface area contributed by atoms with Crippen molar-refractivity contribution in [3.63, 3.8) is 0 Å². The van der Waals surface area contributed by atoms with Gasteiger partial charge in [-0.05, 0) is 22.3 Å². The maximum absolute atomic E-state index is 10.2. The molecule has 0 bridgehead atoms. The van der Waals surface area contributed by atoms with Gasteiger partial charge in [0.1, 0.15) is 0 Å². The van der Waals surface area contributed by atoms with Crippen molar-refractivity contribution < 1.29 is 60.7 Å². The summed E-state index contributed by atoms with van der Waals surface area (Å²) in [5.74, 6) is -5.33. The van der Waals surface area contributed by atoms with E-state index in [1.54, 1.807) is 0 Å². The minimum absolute atomic E-state index is 0. The van der Waals surface area contributed by atoms with Gasteiger partial charge in [0, 0.05) is 0 Å².